The molecule has 4 nitrogen and oxygen atoms in total. The van der Waals surface area contributed by atoms with Crippen molar-refractivity contribution in [1.82, 2.24) is 9.97 Å². The molecule has 0 bridgehead atoms. The Balaban J connectivity index is 2.98. The van der Waals surface area contributed by atoms with Gasteiger partial charge in [0.25, 0.3) is 5.56 Å². The third-order valence-electron chi connectivity index (χ3n) is 1.86. The van der Waals surface area contributed by atoms with Gasteiger partial charge in [-0.25, -0.2) is 4.79 Å². The molecule has 0 saturated carbocycles. The highest BCUT2D eigenvalue weighted by Crippen LogP contribution is 2.29. The monoisotopic (exact) mass is 306 g/mol. The summed E-state index contributed by atoms with van der Waals surface area (Å²) in [6, 6.07) is 3.35. The summed E-state index contributed by atoms with van der Waals surface area (Å²) >= 11 is 3.26. The first kappa shape index (κ1) is 10.8. The molecule has 2 N–H and O–H groups in total. The summed E-state index contributed by atoms with van der Waals surface area (Å²) in [5.41, 5.74) is -0.486. The highest BCUT2D eigenvalue weighted by molar-refractivity contribution is 9.10. The number of hydrogen-bond acceptors (Lipinski definition) is 3. The summed E-state index contributed by atoms with van der Waals surface area (Å²) in [6.07, 6.45) is 0. The van der Waals surface area contributed by atoms with Crippen LogP contribution in [0, 0.1) is 0 Å². The number of halogens is 2. The molecule has 1 aromatic heterocycles. The van der Waals surface area contributed by atoms with Gasteiger partial charge >= 0.3 is 5.69 Å². The van der Waals surface area contributed by atoms with Crippen LogP contribution in [0.25, 0.3) is 10.9 Å². The molecule has 0 saturated heterocycles. The van der Waals surface area contributed by atoms with E-state index in [-0.39, 0.29) is 0 Å². The van der Waals surface area contributed by atoms with Crippen LogP contribution in [0.5, 0.6) is 0 Å². The fraction of sp³-hybridized carbons (Fsp3) is 0. The molecule has 0 fully saturated rings. The number of hydrogen-bond donors (Lipinski definition) is 2. The van der Waals surface area contributed by atoms with E-state index in [4.69, 9.17) is 10.7 Å². The molecule has 0 unspecified atom stereocenters. The van der Waals surface area contributed by atoms with Crippen LogP contribution < -0.4 is 11.2 Å². The van der Waals surface area contributed by atoms with Crippen LogP contribution in [0.1, 0.15) is 0 Å². The third kappa shape index (κ3) is 1.97. The molecule has 0 radical (unpaired) electrons. The molecule has 15 heavy (non-hydrogen) atoms. The highest BCUT2D eigenvalue weighted by Gasteiger charge is 2.06. The zero-order valence-electron chi connectivity index (χ0n) is 7.14. The molecular formula is C8H4BrClN2O2S. The molecule has 1 heterocycles. The number of aromatic nitrogens is 2. The lowest BCUT2D eigenvalue weighted by Gasteiger charge is -2.01. The maximum absolute atomic E-state index is 11.5. The Hall–Kier alpha value is -0.720. The van der Waals surface area contributed by atoms with E-state index in [0.717, 1.165) is 15.9 Å². The third-order valence-corrected chi connectivity index (χ3v) is 3.44. The molecule has 78 valence electrons. The zero-order valence-corrected chi connectivity index (χ0v) is 10.3. The Morgan fingerprint density at radius 2 is 2.00 bits per heavy atom. The smallest absolute Gasteiger partial charge is 0.306 e. The Bertz CT molecular complexity index is 637. The van der Waals surface area contributed by atoms with Crippen molar-refractivity contribution in [2.24, 2.45) is 0 Å². The first-order valence-electron chi connectivity index (χ1n) is 3.86. The van der Waals surface area contributed by atoms with Crippen molar-refractivity contribution >= 4 is 48.5 Å². The van der Waals surface area contributed by atoms with Crippen LogP contribution in [-0.4, -0.2) is 9.97 Å². The number of nitrogens with one attached hydrogen (secondary N) is 2. The van der Waals surface area contributed by atoms with Gasteiger partial charge in [-0.1, -0.05) is 0 Å². The molecule has 0 aliphatic heterocycles. The summed E-state index contributed by atoms with van der Waals surface area (Å²) in [7, 11) is 6.60. The first-order chi connectivity index (χ1) is 7.11. The largest absolute Gasteiger partial charge is 0.326 e. The lowest BCUT2D eigenvalue weighted by molar-refractivity contribution is 1.08. The molecular weight excluding hydrogens is 304 g/mol. The van der Waals surface area contributed by atoms with Crippen molar-refractivity contribution in [3.63, 3.8) is 0 Å². The van der Waals surface area contributed by atoms with E-state index >= 15 is 0 Å². The number of H-pyrrole nitrogens is 2. The molecule has 0 aliphatic carbocycles. The molecule has 0 atom stereocenters. The molecule has 2 aromatic rings. The van der Waals surface area contributed by atoms with Gasteiger partial charge in [0.1, 0.15) is 0 Å². The van der Waals surface area contributed by atoms with Crippen LogP contribution in [0.3, 0.4) is 0 Å². The molecule has 0 aliphatic rings. The second-order valence-electron chi connectivity index (χ2n) is 2.81. The van der Waals surface area contributed by atoms with Crippen molar-refractivity contribution in [1.29, 1.82) is 0 Å². The average molecular weight is 308 g/mol. The quantitative estimate of drug-likeness (QED) is 0.849. The van der Waals surface area contributed by atoms with Gasteiger partial charge in [0.05, 0.1) is 10.9 Å². The normalized spacial score (nSPS) is 10.8. The average Bonchev–Trinajstić information content (AvgIpc) is 2.19. The fourth-order valence-electron chi connectivity index (χ4n) is 1.25. The van der Waals surface area contributed by atoms with E-state index in [1.165, 1.54) is 0 Å². The highest BCUT2D eigenvalue weighted by atomic mass is 79.9. The van der Waals surface area contributed by atoms with Crippen molar-refractivity contribution in [2.75, 3.05) is 0 Å². The van der Waals surface area contributed by atoms with E-state index < -0.39 is 11.2 Å². The summed E-state index contributed by atoms with van der Waals surface area (Å²) in [5.74, 6) is 0. The fourth-order valence-corrected chi connectivity index (χ4v) is 2.55. The number of aromatic amines is 2. The molecule has 0 spiro atoms. The predicted octanol–water partition coefficient (Wildman–Crippen LogP) is 2.22. The minimum atomic E-state index is -0.528. The van der Waals surface area contributed by atoms with Gasteiger partial charge in [0.15, 0.2) is 0 Å². The Morgan fingerprint density at radius 3 is 2.67 bits per heavy atom. The maximum atomic E-state index is 11.5. The van der Waals surface area contributed by atoms with Crippen molar-refractivity contribution in [2.45, 2.75) is 4.90 Å². The second kappa shape index (κ2) is 4.03. The van der Waals surface area contributed by atoms with Gasteiger partial charge in [-0.2, -0.15) is 0 Å². The summed E-state index contributed by atoms with van der Waals surface area (Å²) < 4.78 is 0.631. The lowest BCUT2D eigenvalue weighted by atomic mass is 10.2. The van der Waals surface area contributed by atoms with Gasteiger partial charge in [0.2, 0.25) is 0 Å². The van der Waals surface area contributed by atoms with E-state index in [2.05, 4.69) is 25.9 Å². The van der Waals surface area contributed by atoms with Crippen molar-refractivity contribution < 1.29 is 0 Å². The topological polar surface area (TPSA) is 65.7 Å². The molecule has 2 rings (SSSR count). The van der Waals surface area contributed by atoms with Gasteiger partial charge in [0, 0.05) is 9.37 Å². The van der Waals surface area contributed by atoms with E-state index in [1.54, 1.807) is 12.1 Å². The Labute approximate surface area is 101 Å². The van der Waals surface area contributed by atoms with Crippen molar-refractivity contribution in [3.8, 4) is 0 Å². The zero-order chi connectivity index (χ0) is 11.0. The number of benzene rings is 1. The van der Waals surface area contributed by atoms with E-state index in [0.29, 0.717) is 15.4 Å². The summed E-state index contributed by atoms with van der Waals surface area (Å²) in [6.45, 7) is 0. The molecule has 7 heteroatoms. The van der Waals surface area contributed by atoms with Crippen LogP contribution in [0.4, 0.5) is 0 Å². The van der Waals surface area contributed by atoms with Gasteiger partial charge < -0.3 is 4.98 Å². The predicted molar refractivity (Wildman–Crippen MR) is 64.6 cm³/mol. The number of rotatable bonds is 1. The first-order valence-corrected chi connectivity index (χ1v) is 6.30. The minimum Gasteiger partial charge on any atom is -0.306 e. The standard InChI is InChI=1S/C8H4BrClN2O2S/c9-5-2-3(15-10)1-4-6(5)11-8(14)12-7(4)13/h1-2H,(H2,11,12,13,14). The second-order valence-corrected chi connectivity index (χ2v) is 4.76. The lowest BCUT2D eigenvalue weighted by Crippen LogP contribution is -2.22. The maximum Gasteiger partial charge on any atom is 0.326 e. The van der Waals surface area contributed by atoms with Crippen molar-refractivity contribution in [3.05, 3.63) is 37.4 Å². The molecule has 0 amide bonds. The van der Waals surface area contributed by atoms with Crippen LogP contribution in [-0.2, 0) is 0 Å². The van der Waals surface area contributed by atoms with Crippen LogP contribution >= 0.6 is 37.6 Å². The minimum absolute atomic E-state index is 0.395. The SMILES string of the molecule is O=c1[nH]c(=O)c2cc(SCl)cc(Br)c2[nH]1. The summed E-state index contributed by atoms with van der Waals surface area (Å²) in [4.78, 5) is 27.9. The number of fused-ring (bicyclic) bond motifs is 1. The van der Waals surface area contributed by atoms with Gasteiger partial charge in [-0.3, -0.25) is 9.78 Å². The van der Waals surface area contributed by atoms with Crippen LogP contribution in [0.15, 0.2) is 31.1 Å². The van der Waals surface area contributed by atoms with E-state index in [1.807, 2.05) is 0 Å². The Kier molecular flexibility index (Phi) is 2.90. The van der Waals surface area contributed by atoms with Gasteiger partial charge in [-0.05, 0) is 49.7 Å². The van der Waals surface area contributed by atoms with Gasteiger partial charge in [-0.15, -0.1) is 0 Å². The summed E-state index contributed by atoms with van der Waals surface area (Å²) in [5, 5.41) is 0.395. The molecule has 1 aromatic carbocycles. The van der Waals surface area contributed by atoms with Crippen LogP contribution in [0.2, 0.25) is 0 Å². The van der Waals surface area contributed by atoms with E-state index in [9.17, 15) is 9.59 Å². The Morgan fingerprint density at radius 1 is 1.27 bits per heavy atom.